The van der Waals surface area contributed by atoms with E-state index in [1.54, 1.807) is 13.8 Å². The Morgan fingerprint density at radius 2 is 1.64 bits per heavy atom. The fourth-order valence-corrected chi connectivity index (χ4v) is 3.11. The maximum atomic E-state index is 12.0. The van der Waals surface area contributed by atoms with Crippen LogP contribution in [0.3, 0.4) is 0 Å². The van der Waals surface area contributed by atoms with E-state index in [0.29, 0.717) is 0 Å². The summed E-state index contributed by atoms with van der Waals surface area (Å²) in [6, 6.07) is 20.0. The van der Waals surface area contributed by atoms with Gasteiger partial charge in [0.25, 0.3) is 5.91 Å². The molecule has 4 nitrogen and oxygen atoms in total. The van der Waals surface area contributed by atoms with E-state index in [0.717, 1.165) is 12.0 Å². The third-order valence-electron chi connectivity index (χ3n) is 4.57. The minimum atomic E-state index is -0.719. The summed E-state index contributed by atoms with van der Waals surface area (Å²) in [7, 11) is 0. The molecule has 4 heteroatoms. The zero-order valence-corrected chi connectivity index (χ0v) is 14.5. The van der Waals surface area contributed by atoms with Gasteiger partial charge in [-0.3, -0.25) is 9.59 Å². The topological polar surface area (TPSA) is 55.4 Å². The number of hydrogen-bond acceptors (Lipinski definition) is 3. The number of rotatable bonds is 6. The molecule has 1 saturated heterocycles. The summed E-state index contributed by atoms with van der Waals surface area (Å²) >= 11 is 0. The summed E-state index contributed by atoms with van der Waals surface area (Å²) in [5, 5.41) is 2.94. The zero-order chi connectivity index (χ0) is 17.8. The largest absolute Gasteiger partial charge is 0.450 e. The average Bonchev–Trinajstić information content (AvgIpc) is 2.64. The first-order valence-electron chi connectivity index (χ1n) is 8.66. The summed E-state index contributed by atoms with van der Waals surface area (Å²) in [6.45, 7) is 3.54. The smallest absolute Gasteiger partial charge is 0.309 e. The summed E-state index contributed by atoms with van der Waals surface area (Å²) in [6.07, 6.45) is 0.0507. The molecule has 2 aromatic carbocycles. The van der Waals surface area contributed by atoms with Crippen molar-refractivity contribution in [2.24, 2.45) is 5.92 Å². The molecule has 1 amide bonds. The SMILES string of the molecule is CC(C)C(=O)OC1C(=O)NC1C(Cc1ccccc1)c1ccccc1. The summed E-state index contributed by atoms with van der Waals surface area (Å²) < 4.78 is 5.46. The Morgan fingerprint density at radius 3 is 2.20 bits per heavy atom. The maximum Gasteiger partial charge on any atom is 0.309 e. The normalized spacial score (nSPS) is 20.5. The Hall–Kier alpha value is -2.62. The van der Waals surface area contributed by atoms with E-state index in [1.807, 2.05) is 36.4 Å². The molecule has 0 saturated carbocycles. The molecule has 25 heavy (non-hydrogen) atoms. The van der Waals surface area contributed by atoms with Crippen molar-refractivity contribution in [3.63, 3.8) is 0 Å². The van der Waals surface area contributed by atoms with Gasteiger partial charge in [-0.1, -0.05) is 74.5 Å². The van der Waals surface area contributed by atoms with Gasteiger partial charge in [0.2, 0.25) is 6.10 Å². The predicted octanol–water partition coefficient (Wildman–Crippen LogP) is 3.08. The zero-order valence-electron chi connectivity index (χ0n) is 14.5. The molecule has 1 N–H and O–H groups in total. The van der Waals surface area contributed by atoms with Crippen LogP contribution in [0.5, 0.6) is 0 Å². The Morgan fingerprint density at radius 1 is 1.04 bits per heavy atom. The van der Waals surface area contributed by atoms with E-state index in [-0.39, 0.29) is 29.8 Å². The fraction of sp³-hybridized carbons (Fsp3) is 0.333. The number of esters is 1. The van der Waals surface area contributed by atoms with Crippen LogP contribution in [0.4, 0.5) is 0 Å². The summed E-state index contributed by atoms with van der Waals surface area (Å²) in [5.74, 6) is -0.756. The first kappa shape index (κ1) is 17.2. The van der Waals surface area contributed by atoms with E-state index < -0.39 is 6.10 Å². The van der Waals surface area contributed by atoms with Crippen molar-refractivity contribution in [1.29, 1.82) is 0 Å². The van der Waals surface area contributed by atoms with Gasteiger partial charge in [-0.15, -0.1) is 0 Å². The molecular weight excluding hydrogens is 314 g/mol. The van der Waals surface area contributed by atoms with Crippen molar-refractivity contribution < 1.29 is 14.3 Å². The van der Waals surface area contributed by atoms with Crippen LogP contribution in [-0.4, -0.2) is 24.0 Å². The molecule has 0 aromatic heterocycles. The van der Waals surface area contributed by atoms with Crippen LogP contribution >= 0.6 is 0 Å². The minimum Gasteiger partial charge on any atom is -0.450 e. The highest BCUT2D eigenvalue weighted by Crippen LogP contribution is 2.31. The highest BCUT2D eigenvalue weighted by Gasteiger charge is 2.47. The quantitative estimate of drug-likeness (QED) is 0.651. The number of carbonyl (C=O) groups excluding carboxylic acids is 2. The Labute approximate surface area is 148 Å². The number of benzene rings is 2. The van der Waals surface area contributed by atoms with Crippen molar-refractivity contribution in [1.82, 2.24) is 5.32 Å². The minimum absolute atomic E-state index is 0.0475. The van der Waals surface area contributed by atoms with Crippen LogP contribution in [0, 0.1) is 5.92 Å². The number of ether oxygens (including phenoxy) is 1. The van der Waals surface area contributed by atoms with Crippen molar-refractivity contribution >= 4 is 11.9 Å². The summed E-state index contributed by atoms with van der Waals surface area (Å²) in [5.41, 5.74) is 2.31. The number of carbonyl (C=O) groups is 2. The highest BCUT2D eigenvalue weighted by molar-refractivity contribution is 5.91. The maximum absolute atomic E-state index is 12.0. The molecule has 3 unspecified atom stereocenters. The lowest BCUT2D eigenvalue weighted by atomic mass is 9.79. The van der Waals surface area contributed by atoms with Crippen LogP contribution in [0.2, 0.25) is 0 Å². The van der Waals surface area contributed by atoms with Crippen LogP contribution in [0.25, 0.3) is 0 Å². The lowest BCUT2D eigenvalue weighted by molar-refractivity contribution is -0.169. The number of amides is 1. The Kier molecular flexibility index (Phi) is 5.17. The van der Waals surface area contributed by atoms with Crippen molar-refractivity contribution in [3.05, 3.63) is 71.8 Å². The second-order valence-electron chi connectivity index (χ2n) is 6.75. The molecule has 1 aliphatic rings. The molecular formula is C21H23NO3. The molecule has 3 rings (SSSR count). The molecule has 1 aliphatic heterocycles. The van der Waals surface area contributed by atoms with Gasteiger partial charge < -0.3 is 10.1 Å². The predicted molar refractivity (Wildman–Crippen MR) is 96.0 cm³/mol. The molecule has 1 fully saturated rings. The van der Waals surface area contributed by atoms with Crippen LogP contribution in [0.1, 0.15) is 30.9 Å². The number of hydrogen-bond donors (Lipinski definition) is 1. The molecule has 1 heterocycles. The monoisotopic (exact) mass is 337 g/mol. The Bertz CT molecular complexity index is 727. The van der Waals surface area contributed by atoms with Crippen LogP contribution in [-0.2, 0) is 20.7 Å². The van der Waals surface area contributed by atoms with Crippen molar-refractivity contribution in [2.75, 3.05) is 0 Å². The first-order chi connectivity index (χ1) is 12.1. The average molecular weight is 337 g/mol. The van der Waals surface area contributed by atoms with Gasteiger partial charge in [-0.05, 0) is 17.5 Å². The van der Waals surface area contributed by atoms with E-state index in [9.17, 15) is 9.59 Å². The van der Waals surface area contributed by atoms with Crippen molar-refractivity contribution in [2.45, 2.75) is 38.3 Å². The molecule has 2 aromatic rings. The number of β-lactam (4-membered cyclic amide) rings is 1. The molecule has 0 spiro atoms. The van der Waals surface area contributed by atoms with Gasteiger partial charge in [0.15, 0.2) is 0 Å². The highest BCUT2D eigenvalue weighted by atomic mass is 16.6. The molecule has 0 bridgehead atoms. The van der Waals surface area contributed by atoms with E-state index in [2.05, 4.69) is 29.6 Å². The van der Waals surface area contributed by atoms with Gasteiger partial charge in [-0.2, -0.15) is 0 Å². The van der Waals surface area contributed by atoms with Gasteiger partial charge >= 0.3 is 5.97 Å². The molecule has 0 aliphatic carbocycles. The van der Waals surface area contributed by atoms with E-state index in [4.69, 9.17) is 4.74 Å². The third-order valence-corrected chi connectivity index (χ3v) is 4.57. The van der Waals surface area contributed by atoms with Crippen molar-refractivity contribution in [3.8, 4) is 0 Å². The second kappa shape index (κ2) is 7.51. The molecule has 0 radical (unpaired) electrons. The third kappa shape index (κ3) is 3.90. The lowest BCUT2D eigenvalue weighted by Gasteiger charge is -2.41. The standard InChI is InChI=1S/C21H23NO3/c1-14(2)21(24)25-19-18(22-20(19)23)17(16-11-7-4-8-12-16)13-15-9-5-3-6-10-15/h3-12,14,17-19H,13H2,1-2H3,(H,22,23). The fourth-order valence-electron chi connectivity index (χ4n) is 3.11. The Balaban J connectivity index is 1.84. The summed E-state index contributed by atoms with van der Waals surface area (Å²) in [4.78, 5) is 24.0. The van der Waals surface area contributed by atoms with E-state index in [1.165, 1.54) is 5.56 Å². The van der Waals surface area contributed by atoms with Crippen LogP contribution < -0.4 is 5.32 Å². The second-order valence-corrected chi connectivity index (χ2v) is 6.75. The van der Waals surface area contributed by atoms with Gasteiger partial charge in [0, 0.05) is 5.92 Å². The van der Waals surface area contributed by atoms with Gasteiger partial charge in [-0.25, -0.2) is 0 Å². The lowest BCUT2D eigenvalue weighted by Crippen LogP contribution is -2.66. The van der Waals surface area contributed by atoms with Crippen LogP contribution in [0.15, 0.2) is 60.7 Å². The van der Waals surface area contributed by atoms with Gasteiger partial charge in [0.05, 0.1) is 12.0 Å². The molecule has 3 atom stereocenters. The van der Waals surface area contributed by atoms with Gasteiger partial charge in [0.1, 0.15) is 0 Å². The molecule has 130 valence electrons. The first-order valence-corrected chi connectivity index (χ1v) is 8.66. The number of nitrogens with one attached hydrogen (secondary N) is 1. The van der Waals surface area contributed by atoms with E-state index >= 15 is 0 Å².